The lowest BCUT2D eigenvalue weighted by Crippen LogP contribution is -2.47. The Balaban J connectivity index is 1.35. The van der Waals surface area contributed by atoms with Crippen LogP contribution in [0.3, 0.4) is 0 Å². The van der Waals surface area contributed by atoms with E-state index < -0.39 is 0 Å². The van der Waals surface area contributed by atoms with E-state index in [9.17, 15) is 0 Å². The van der Waals surface area contributed by atoms with E-state index in [1.165, 1.54) is 12.8 Å². The first-order valence-corrected chi connectivity index (χ1v) is 12.6. The maximum absolute atomic E-state index is 6.84. The van der Waals surface area contributed by atoms with Crippen LogP contribution in [0.15, 0.2) is 18.3 Å². The van der Waals surface area contributed by atoms with Gasteiger partial charge in [0.25, 0.3) is 0 Å². The average molecular weight is 492 g/mol. The Kier molecular flexibility index (Phi) is 5.30. The van der Waals surface area contributed by atoms with Crippen molar-refractivity contribution in [1.82, 2.24) is 30.1 Å². The second-order valence-corrected chi connectivity index (χ2v) is 10.5. The number of H-pyrrole nitrogens is 1. The Morgan fingerprint density at radius 1 is 1.11 bits per heavy atom. The number of fused-ring (bicyclic) bond motifs is 2. The van der Waals surface area contributed by atoms with E-state index in [2.05, 4.69) is 20.1 Å². The number of piperidine rings is 1. The SMILES string of the molecule is Cc1nc2c(-c3ccc4ncc(N(C)C)nc4c3Cl)[nH]nc2nc1N1CCC2(CCC[C@H]2N)CC1. The molecule has 35 heavy (non-hydrogen) atoms. The van der Waals surface area contributed by atoms with E-state index >= 15 is 0 Å². The molecule has 10 heteroatoms. The number of aromatic nitrogens is 6. The minimum absolute atomic E-state index is 0.309. The summed E-state index contributed by atoms with van der Waals surface area (Å²) in [5.74, 6) is 1.65. The molecule has 3 N–H and O–H groups in total. The van der Waals surface area contributed by atoms with Gasteiger partial charge < -0.3 is 15.5 Å². The number of anilines is 2. The molecule has 1 aromatic carbocycles. The molecule has 0 radical (unpaired) electrons. The number of rotatable bonds is 3. The van der Waals surface area contributed by atoms with E-state index in [4.69, 9.17) is 32.3 Å². The molecule has 1 aliphatic carbocycles. The minimum Gasteiger partial charge on any atom is -0.361 e. The third kappa shape index (κ3) is 3.60. The fraction of sp³-hybridized carbons (Fsp3) is 0.480. The predicted octanol–water partition coefficient (Wildman–Crippen LogP) is 4.09. The molecule has 1 aliphatic heterocycles. The van der Waals surface area contributed by atoms with Gasteiger partial charge in [0.2, 0.25) is 5.65 Å². The molecule has 0 amide bonds. The van der Waals surface area contributed by atoms with Gasteiger partial charge in [0.1, 0.15) is 16.9 Å². The largest absolute Gasteiger partial charge is 0.361 e. The molecule has 9 nitrogen and oxygen atoms in total. The van der Waals surface area contributed by atoms with E-state index in [0.29, 0.717) is 33.2 Å². The monoisotopic (exact) mass is 491 g/mol. The van der Waals surface area contributed by atoms with Gasteiger partial charge in [0, 0.05) is 38.8 Å². The molecule has 4 aromatic rings. The average Bonchev–Trinajstić information content (AvgIpc) is 3.42. The van der Waals surface area contributed by atoms with Gasteiger partial charge in [-0.05, 0) is 50.2 Å². The third-order valence-electron chi connectivity index (χ3n) is 7.94. The zero-order valence-electron chi connectivity index (χ0n) is 20.3. The molecule has 0 bridgehead atoms. The summed E-state index contributed by atoms with van der Waals surface area (Å²) >= 11 is 6.84. The predicted molar refractivity (Wildman–Crippen MR) is 140 cm³/mol. The van der Waals surface area contributed by atoms with Crippen molar-refractivity contribution in [3.05, 3.63) is 29.0 Å². The van der Waals surface area contributed by atoms with Crippen molar-refractivity contribution in [2.24, 2.45) is 11.1 Å². The summed E-state index contributed by atoms with van der Waals surface area (Å²) in [7, 11) is 3.85. The van der Waals surface area contributed by atoms with Gasteiger partial charge in [-0.15, -0.1) is 0 Å². The van der Waals surface area contributed by atoms with Crippen LogP contribution in [-0.2, 0) is 0 Å². The summed E-state index contributed by atoms with van der Waals surface area (Å²) in [4.78, 5) is 23.3. The van der Waals surface area contributed by atoms with Crippen LogP contribution in [0.1, 0.15) is 37.8 Å². The fourth-order valence-electron chi connectivity index (χ4n) is 5.79. The Labute approximate surface area is 209 Å². The van der Waals surface area contributed by atoms with E-state index in [1.54, 1.807) is 6.20 Å². The molecule has 2 fully saturated rings. The number of nitrogens with zero attached hydrogens (tertiary/aromatic N) is 7. The number of aryl methyl sites for hydroxylation is 1. The topological polar surface area (TPSA) is 113 Å². The van der Waals surface area contributed by atoms with Crippen LogP contribution in [0.2, 0.25) is 5.02 Å². The molecule has 1 spiro atoms. The van der Waals surface area contributed by atoms with E-state index in [1.807, 2.05) is 38.1 Å². The summed E-state index contributed by atoms with van der Waals surface area (Å²) in [6.45, 7) is 3.92. The standard InChI is InChI=1S/C25H30ClN9/c1-14-24(35-11-9-25(10-12-35)8-4-5-17(25)27)31-23-22(29-14)20(32-33-23)15-6-7-16-21(19(15)26)30-18(13-28-16)34(2)3/h6-7,13,17H,4-5,8-12,27H2,1-3H3,(H,31,32,33)/t17-/m1/s1. The Morgan fingerprint density at radius 2 is 1.91 bits per heavy atom. The van der Waals surface area contributed by atoms with Crippen molar-refractivity contribution >= 4 is 45.4 Å². The van der Waals surface area contributed by atoms with Gasteiger partial charge in [-0.25, -0.2) is 15.0 Å². The van der Waals surface area contributed by atoms with Crippen LogP contribution in [0.4, 0.5) is 11.6 Å². The van der Waals surface area contributed by atoms with Crippen molar-refractivity contribution < 1.29 is 0 Å². The molecular formula is C25H30ClN9. The Bertz CT molecular complexity index is 1420. The number of halogens is 1. The molecule has 182 valence electrons. The van der Waals surface area contributed by atoms with E-state index in [0.717, 1.165) is 66.5 Å². The number of benzene rings is 1. The summed E-state index contributed by atoms with van der Waals surface area (Å²) in [5.41, 5.74) is 11.9. The van der Waals surface area contributed by atoms with Gasteiger partial charge in [-0.2, -0.15) is 5.10 Å². The highest BCUT2D eigenvalue weighted by Crippen LogP contribution is 2.46. The first-order valence-electron chi connectivity index (χ1n) is 12.2. The normalized spacial score (nSPS) is 19.8. The number of nitrogens with one attached hydrogen (secondary N) is 1. The number of hydrogen-bond acceptors (Lipinski definition) is 8. The minimum atomic E-state index is 0.309. The smallest absolute Gasteiger partial charge is 0.202 e. The van der Waals surface area contributed by atoms with Crippen LogP contribution in [0.25, 0.3) is 33.5 Å². The molecule has 1 saturated carbocycles. The Morgan fingerprint density at radius 3 is 2.63 bits per heavy atom. The highest BCUT2D eigenvalue weighted by Gasteiger charge is 2.43. The number of aromatic amines is 1. The van der Waals surface area contributed by atoms with Crippen LogP contribution < -0.4 is 15.5 Å². The maximum Gasteiger partial charge on any atom is 0.202 e. The third-order valence-corrected chi connectivity index (χ3v) is 8.32. The van der Waals surface area contributed by atoms with Crippen molar-refractivity contribution in [3.63, 3.8) is 0 Å². The number of hydrogen-bond donors (Lipinski definition) is 2. The van der Waals surface area contributed by atoms with Gasteiger partial charge in [-0.3, -0.25) is 10.1 Å². The second kappa shape index (κ2) is 8.27. The van der Waals surface area contributed by atoms with Crippen LogP contribution in [0, 0.1) is 12.3 Å². The molecule has 2 aliphatic rings. The quantitative estimate of drug-likeness (QED) is 0.440. The summed E-state index contributed by atoms with van der Waals surface area (Å²) in [5, 5.41) is 8.13. The molecule has 1 saturated heterocycles. The highest BCUT2D eigenvalue weighted by atomic mass is 35.5. The highest BCUT2D eigenvalue weighted by molar-refractivity contribution is 6.38. The zero-order chi connectivity index (χ0) is 24.3. The van der Waals surface area contributed by atoms with Crippen molar-refractivity contribution in [1.29, 1.82) is 0 Å². The molecule has 4 heterocycles. The molecule has 3 aromatic heterocycles. The Hall–Kier alpha value is -3.04. The van der Waals surface area contributed by atoms with Crippen molar-refractivity contribution in [3.8, 4) is 11.3 Å². The first-order chi connectivity index (χ1) is 16.9. The van der Waals surface area contributed by atoms with Crippen LogP contribution in [-0.4, -0.2) is 63.4 Å². The lowest BCUT2D eigenvalue weighted by atomic mass is 9.74. The van der Waals surface area contributed by atoms with Crippen molar-refractivity contribution in [2.45, 2.75) is 45.1 Å². The fourth-order valence-corrected chi connectivity index (χ4v) is 6.09. The second-order valence-electron chi connectivity index (χ2n) is 10.2. The maximum atomic E-state index is 6.84. The molecule has 0 unspecified atom stereocenters. The van der Waals surface area contributed by atoms with Gasteiger partial charge >= 0.3 is 0 Å². The van der Waals surface area contributed by atoms with Crippen molar-refractivity contribution in [2.75, 3.05) is 37.0 Å². The summed E-state index contributed by atoms with van der Waals surface area (Å²) < 4.78 is 0. The van der Waals surface area contributed by atoms with E-state index in [-0.39, 0.29) is 0 Å². The van der Waals surface area contributed by atoms with Crippen LogP contribution >= 0.6 is 11.6 Å². The molecule has 1 atom stereocenters. The summed E-state index contributed by atoms with van der Waals surface area (Å²) in [6, 6.07) is 4.18. The van der Waals surface area contributed by atoms with Gasteiger partial charge in [0.15, 0.2) is 5.82 Å². The lowest BCUT2D eigenvalue weighted by Gasteiger charge is -2.42. The molecular weight excluding hydrogens is 462 g/mol. The van der Waals surface area contributed by atoms with Gasteiger partial charge in [0.05, 0.1) is 28.1 Å². The number of nitrogens with two attached hydrogens (primary N) is 1. The van der Waals surface area contributed by atoms with Crippen LogP contribution in [0.5, 0.6) is 0 Å². The zero-order valence-corrected chi connectivity index (χ0v) is 21.1. The van der Waals surface area contributed by atoms with Gasteiger partial charge in [-0.1, -0.05) is 18.0 Å². The molecule has 6 rings (SSSR count). The summed E-state index contributed by atoms with van der Waals surface area (Å²) in [6.07, 6.45) is 7.62. The first kappa shape index (κ1) is 22.4. The lowest BCUT2D eigenvalue weighted by molar-refractivity contribution is 0.197.